The van der Waals surface area contributed by atoms with E-state index in [1.54, 1.807) is 0 Å². The van der Waals surface area contributed by atoms with Crippen molar-refractivity contribution in [2.75, 3.05) is 0 Å². The van der Waals surface area contributed by atoms with Crippen LogP contribution in [-0.2, 0) is 5.41 Å². The summed E-state index contributed by atoms with van der Waals surface area (Å²) in [7, 11) is 0. The van der Waals surface area contributed by atoms with Gasteiger partial charge in [-0.15, -0.1) is 0 Å². The van der Waals surface area contributed by atoms with Gasteiger partial charge in [0, 0.05) is 12.1 Å². The van der Waals surface area contributed by atoms with Gasteiger partial charge >= 0.3 is 0 Å². The summed E-state index contributed by atoms with van der Waals surface area (Å²) in [6, 6.07) is 10.3. The van der Waals surface area contributed by atoms with E-state index >= 15 is 0 Å². The second-order valence-electron chi connectivity index (χ2n) is 7.63. The molecule has 0 radical (unpaired) electrons. The molecule has 1 nitrogen and oxygen atoms in total. The van der Waals surface area contributed by atoms with Crippen LogP contribution in [0.4, 0.5) is 0 Å². The fourth-order valence-corrected chi connectivity index (χ4v) is 3.25. The van der Waals surface area contributed by atoms with Crippen molar-refractivity contribution in [3.63, 3.8) is 0 Å². The predicted octanol–water partition coefficient (Wildman–Crippen LogP) is 5.21. The molecule has 0 aromatic heterocycles. The maximum absolute atomic E-state index is 3.84. The summed E-state index contributed by atoms with van der Waals surface area (Å²) in [6.45, 7) is 11.5. The highest BCUT2D eigenvalue weighted by Gasteiger charge is 2.23. The van der Waals surface area contributed by atoms with Crippen molar-refractivity contribution < 1.29 is 0 Å². The Bertz CT molecular complexity index is 412. The zero-order valence-corrected chi connectivity index (χ0v) is 13.9. The summed E-state index contributed by atoms with van der Waals surface area (Å²) in [6.07, 6.45) is 5.52. The molecule has 0 aliphatic heterocycles. The average Bonchev–Trinajstić information content (AvgIpc) is 2.40. The molecule has 0 amide bonds. The summed E-state index contributed by atoms with van der Waals surface area (Å²) in [5, 5.41) is 3.84. The highest BCUT2D eigenvalue weighted by atomic mass is 15.0. The fourth-order valence-electron chi connectivity index (χ4n) is 3.25. The second-order valence-corrected chi connectivity index (χ2v) is 7.63. The van der Waals surface area contributed by atoms with Crippen LogP contribution < -0.4 is 5.32 Å². The maximum Gasteiger partial charge on any atom is 0.0294 e. The molecule has 1 fully saturated rings. The zero-order valence-electron chi connectivity index (χ0n) is 13.9. The van der Waals surface area contributed by atoms with Crippen LogP contribution in [0, 0.1) is 5.92 Å². The molecular weight excluding hydrogens is 242 g/mol. The van der Waals surface area contributed by atoms with Crippen molar-refractivity contribution >= 4 is 0 Å². The van der Waals surface area contributed by atoms with Crippen molar-refractivity contribution in [1.29, 1.82) is 0 Å². The van der Waals surface area contributed by atoms with Gasteiger partial charge in [-0.1, -0.05) is 64.8 Å². The minimum Gasteiger partial charge on any atom is -0.307 e. The van der Waals surface area contributed by atoms with Crippen LogP contribution >= 0.6 is 0 Å². The number of hydrogen-bond acceptors (Lipinski definition) is 1. The minimum absolute atomic E-state index is 0.243. The van der Waals surface area contributed by atoms with Gasteiger partial charge < -0.3 is 5.32 Å². The second kappa shape index (κ2) is 6.30. The Kier molecular flexibility index (Phi) is 4.90. The molecule has 20 heavy (non-hydrogen) atoms. The van der Waals surface area contributed by atoms with E-state index in [1.165, 1.54) is 36.8 Å². The van der Waals surface area contributed by atoms with E-state index in [2.05, 4.69) is 64.2 Å². The van der Waals surface area contributed by atoms with Crippen LogP contribution in [0.25, 0.3) is 0 Å². The van der Waals surface area contributed by atoms with Crippen molar-refractivity contribution in [3.05, 3.63) is 35.4 Å². The van der Waals surface area contributed by atoms with E-state index < -0.39 is 0 Å². The molecule has 0 saturated heterocycles. The normalized spacial score (nSPS) is 25.4. The summed E-state index contributed by atoms with van der Waals surface area (Å²) in [5.41, 5.74) is 3.07. The number of rotatable bonds is 3. The van der Waals surface area contributed by atoms with Crippen LogP contribution in [-0.4, -0.2) is 6.04 Å². The molecule has 3 unspecified atom stereocenters. The van der Waals surface area contributed by atoms with Crippen LogP contribution in [0.1, 0.15) is 77.5 Å². The maximum atomic E-state index is 3.84. The van der Waals surface area contributed by atoms with Gasteiger partial charge in [0.1, 0.15) is 0 Å². The SMILES string of the molecule is CC(NC1CCCCC1C)c1ccc(C(C)(C)C)cc1. The molecule has 1 heteroatoms. The third-order valence-electron chi connectivity index (χ3n) is 4.85. The molecular formula is C19H31N. The van der Waals surface area contributed by atoms with E-state index in [4.69, 9.17) is 0 Å². The van der Waals surface area contributed by atoms with E-state index in [-0.39, 0.29) is 5.41 Å². The van der Waals surface area contributed by atoms with Crippen molar-refractivity contribution in [2.45, 2.75) is 77.8 Å². The highest BCUT2D eigenvalue weighted by Crippen LogP contribution is 2.27. The van der Waals surface area contributed by atoms with Crippen LogP contribution in [0.15, 0.2) is 24.3 Å². The topological polar surface area (TPSA) is 12.0 Å². The lowest BCUT2D eigenvalue weighted by Crippen LogP contribution is -2.38. The summed E-state index contributed by atoms with van der Waals surface area (Å²) >= 11 is 0. The molecule has 1 aromatic carbocycles. The molecule has 0 bridgehead atoms. The minimum atomic E-state index is 0.243. The predicted molar refractivity (Wildman–Crippen MR) is 88.1 cm³/mol. The Morgan fingerprint density at radius 3 is 2.20 bits per heavy atom. The van der Waals surface area contributed by atoms with Crippen molar-refractivity contribution in [1.82, 2.24) is 5.32 Å². The quantitative estimate of drug-likeness (QED) is 0.796. The Morgan fingerprint density at radius 1 is 1.05 bits per heavy atom. The van der Waals surface area contributed by atoms with Crippen LogP contribution in [0.2, 0.25) is 0 Å². The lowest BCUT2D eigenvalue weighted by atomic mass is 9.84. The fraction of sp³-hybridized carbons (Fsp3) is 0.684. The zero-order chi connectivity index (χ0) is 14.8. The third-order valence-corrected chi connectivity index (χ3v) is 4.85. The summed E-state index contributed by atoms with van der Waals surface area (Å²) < 4.78 is 0. The van der Waals surface area contributed by atoms with Crippen LogP contribution in [0.3, 0.4) is 0 Å². The Hall–Kier alpha value is -0.820. The molecule has 0 heterocycles. The lowest BCUT2D eigenvalue weighted by molar-refractivity contribution is 0.263. The first-order valence-corrected chi connectivity index (χ1v) is 8.24. The summed E-state index contributed by atoms with van der Waals surface area (Å²) in [5.74, 6) is 0.819. The van der Waals surface area contributed by atoms with Crippen LogP contribution in [0.5, 0.6) is 0 Å². The average molecular weight is 273 g/mol. The first-order valence-electron chi connectivity index (χ1n) is 8.24. The summed E-state index contributed by atoms with van der Waals surface area (Å²) in [4.78, 5) is 0. The van der Waals surface area contributed by atoms with E-state index in [0.29, 0.717) is 12.1 Å². The van der Waals surface area contributed by atoms with Gasteiger partial charge in [-0.05, 0) is 42.2 Å². The molecule has 1 aliphatic rings. The highest BCUT2D eigenvalue weighted by molar-refractivity contribution is 5.29. The van der Waals surface area contributed by atoms with Gasteiger partial charge in [-0.2, -0.15) is 0 Å². The van der Waals surface area contributed by atoms with E-state index in [1.807, 2.05) is 0 Å². The first-order chi connectivity index (χ1) is 9.38. The molecule has 0 spiro atoms. The molecule has 1 aliphatic carbocycles. The molecule has 3 atom stereocenters. The van der Waals surface area contributed by atoms with E-state index in [9.17, 15) is 0 Å². The Balaban J connectivity index is 2.00. The van der Waals surface area contributed by atoms with Crippen molar-refractivity contribution in [2.24, 2.45) is 5.92 Å². The number of hydrogen-bond donors (Lipinski definition) is 1. The third kappa shape index (κ3) is 3.85. The van der Waals surface area contributed by atoms with Crippen molar-refractivity contribution in [3.8, 4) is 0 Å². The van der Waals surface area contributed by atoms with Gasteiger partial charge in [0.05, 0.1) is 0 Å². The van der Waals surface area contributed by atoms with Gasteiger partial charge in [0.15, 0.2) is 0 Å². The molecule has 1 aromatic rings. The van der Waals surface area contributed by atoms with Gasteiger partial charge in [0.25, 0.3) is 0 Å². The molecule has 1 N–H and O–H groups in total. The lowest BCUT2D eigenvalue weighted by Gasteiger charge is -2.32. The molecule has 2 rings (SSSR count). The monoisotopic (exact) mass is 273 g/mol. The number of nitrogens with one attached hydrogen (secondary N) is 1. The Labute approximate surface area is 125 Å². The largest absolute Gasteiger partial charge is 0.307 e. The standard InChI is InChI=1S/C19H31N/c1-14-8-6-7-9-18(14)20-15(2)16-10-12-17(13-11-16)19(3,4)5/h10-15,18,20H,6-9H2,1-5H3. The van der Waals surface area contributed by atoms with Gasteiger partial charge in [0.2, 0.25) is 0 Å². The van der Waals surface area contributed by atoms with E-state index in [0.717, 1.165) is 5.92 Å². The Morgan fingerprint density at radius 2 is 1.65 bits per heavy atom. The van der Waals surface area contributed by atoms with Gasteiger partial charge in [-0.25, -0.2) is 0 Å². The molecule has 1 saturated carbocycles. The molecule has 112 valence electrons. The first kappa shape index (κ1) is 15.6. The van der Waals surface area contributed by atoms with Gasteiger partial charge in [-0.3, -0.25) is 0 Å². The smallest absolute Gasteiger partial charge is 0.0294 e. The number of benzene rings is 1.